The van der Waals surface area contributed by atoms with E-state index in [0.717, 1.165) is 0 Å². The van der Waals surface area contributed by atoms with Gasteiger partial charge >= 0.3 is 0 Å². The Kier molecular flexibility index (Phi) is 4.48. The molecule has 0 saturated carbocycles. The summed E-state index contributed by atoms with van der Waals surface area (Å²) in [6, 6.07) is 5.15. The van der Waals surface area contributed by atoms with Crippen molar-refractivity contribution in [3.63, 3.8) is 0 Å². The van der Waals surface area contributed by atoms with E-state index >= 15 is 0 Å². The van der Waals surface area contributed by atoms with Gasteiger partial charge in [-0.2, -0.15) is 0 Å². The molecule has 1 aromatic rings. The number of benzene rings is 1. The van der Waals surface area contributed by atoms with E-state index in [1.165, 1.54) is 0 Å². The van der Waals surface area contributed by atoms with Gasteiger partial charge in [0.2, 0.25) is 0 Å². The van der Waals surface area contributed by atoms with Gasteiger partial charge < -0.3 is 9.84 Å². The smallest absolute Gasteiger partial charge is 0.124 e. The highest BCUT2D eigenvalue weighted by Crippen LogP contribution is 2.30. The Morgan fingerprint density at radius 2 is 2.33 bits per heavy atom. The first-order chi connectivity index (χ1) is 7.19. The van der Waals surface area contributed by atoms with Crippen LogP contribution in [0.1, 0.15) is 24.5 Å². The van der Waals surface area contributed by atoms with Crippen molar-refractivity contribution >= 4 is 11.6 Å². The van der Waals surface area contributed by atoms with Crippen LogP contribution in [-0.4, -0.2) is 12.2 Å². The maximum absolute atomic E-state index is 9.85. The zero-order valence-electron chi connectivity index (χ0n) is 8.53. The van der Waals surface area contributed by atoms with Crippen LogP contribution < -0.4 is 4.74 Å². The minimum atomic E-state index is -0.630. The summed E-state index contributed by atoms with van der Waals surface area (Å²) in [5, 5.41) is 10.4. The number of aliphatic hydroxyl groups excluding tert-OH is 1. The molecule has 1 unspecified atom stereocenters. The summed E-state index contributed by atoms with van der Waals surface area (Å²) >= 11 is 5.84. The van der Waals surface area contributed by atoms with E-state index in [0.29, 0.717) is 29.2 Å². The molecule has 0 radical (unpaired) electrons. The fourth-order valence-electron chi connectivity index (χ4n) is 1.34. The van der Waals surface area contributed by atoms with Crippen molar-refractivity contribution < 1.29 is 9.84 Å². The summed E-state index contributed by atoms with van der Waals surface area (Å²) in [7, 11) is 1.56. The van der Waals surface area contributed by atoms with E-state index in [-0.39, 0.29) is 0 Å². The highest BCUT2D eigenvalue weighted by molar-refractivity contribution is 6.30. The summed E-state index contributed by atoms with van der Waals surface area (Å²) < 4.78 is 5.13. The van der Waals surface area contributed by atoms with Crippen LogP contribution in [0.15, 0.2) is 18.2 Å². The minimum Gasteiger partial charge on any atom is -0.496 e. The molecule has 0 aliphatic rings. The molecule has 1 aromatic carbocycles. The predicted molar refractivity (Wildman–Crippen MR) is 61.0 cm³/mol. The number of hydrogen-bond acceptors (Lipinski definition) is 2. The van der Waals surface area contributed by atoms with Crippen LogP contribution in [-0.2, 0) is 0 Å². The monoisotopic (exact) mass is 224 g/mol. The molecule has 2 nitrogen and oxygen atoms in total. The second kappa shape index (κ2) is 5.65. The Labute approximate surface area is 94.8 Å². The second-order valence-corrected chi connectivity index (χ2v) is 3.58. The first kappa shape index (κ1) is 11.9. The normalized spacial score (nSPS) is 11.9. The van der Waals surface area contributed by atoms with Crippen LogP contribution >= 0.6 is 11.6 Å². The van der Waals surface area contributed by atoms with Crippen molar-refractivity contribution in [2.24, 2.45) is 0 Å². The summed E-state index contributed by atoms with van der Waals surface area (Å²) in [5.41, 5.74) is 0.681. The van der Waals surface area contributed by atoms with Gasteiger partial charge in [-0.05, 0) is 24.6 Å². The molecule has 3 heteroatoms. The van der Waals surface area contributed by atoms with Gasteiger partial charge in [0.15, 0.2) is 0 Å². The lowest BCUT2D eigenvalue weighted by Crippen LogP contribution is -2.00. The molecule has 0 fully saturated rings. The number of ether oxygens (including phenoxy) is 1. The lowest BCUT2D eigenvalue weighted by atomic mass is 10.0. The van der Waals surface area contributed by atoms with Gasteiger partial charge in [0.1, 0.15) is 5.75 Å². The second-order valence-electron chi connectivity index (χ2n) is 3.14. The van der Waals surface area contributed by atoms with E-state index in [4.69, 9.17) is 22.8 Å². The van der Waals surface area contributed by atoms with Crippen LogP contribution in [0.4, 0.5) is 0 Å². The zero-order chi connectivity index (χ0) is 11.3. The Hall–Kier alpha value is -1.17. The van der Waals surface area contributed by atoms with Crippen LogP contribution in [0.25, 0.3) is 0 Å². The van der Waals surface area contributed by atoms with Gasteiger partial charge in [-0.25, -0.2) is 0 Å². The summed E-state index contributed by atoms with van der Waals surface area (Å²) in [4.78, 5) is 0. The zero-order valence-corrected chi connectivity index (χ0v) is 9.29. The highest BCUT2D eigenvalue weighted by atomic mass is 35.5. The average molecular weight is 225 g/mol. The fourth-order valence-corrected chi connectivity index (χ4v) is 1.52. The molecule has 0 amide bonds. The van der Waals surface area contributed by atoms with Crippen molar-refractivity contribution in [3.05, 3.63) is 28.8 Å². The Bertz CT molecular complexity index is 368. The van der Waals surface area contributed by atoms with E-state index in [1.807, 2.05) is 0 Å². The molecule has 1 atom stereocenters. The molecule has 0 heterocycles. The minimum absolute atomic E-state index is 0.507. The molecule has 15 heavy (non-hydrogen) atoms. The lowest BCUT2D eigenvalue weighted by molar-refractivity contribution is 0.165. The van der Waals surface area contributed by atoms with Gasteiger partial charge in [-0.15, -0.1) is 12.3 Å². The highest BCUT2D eigenvalue weighted by Gasteiger charge is 2.12. The van der Waals surface area contributed by atoms with E-state index in [2.05, 4.69) is 5.92 Å². The number of halogens is 1. The van der Waals surface area contributed by atoms with E-state index < -0.39 is 6.10 Å². The van der Waals surface area contributed by atoms with Gasteiger partial charge in [-0.3, -0.25) is 0 Å². The number of terminal acetylenes is 1. The van der Waals surface area contributed by atoms with Gasteiger partial charge in [0.25, 0.3) is 0 Å². The number of rotatable bonds is 4. The van der Waals surface area contributed by atoms with Crippen molar-refractivity contribution in [2.45, 2.75) is 18.9 Å². The van der Waals surface area contributed by atoms with Crippen LogP contribution in [0.2, 0.25) is 5.02 Å². The third-order valence-electron chi connectivity index (χ3n) is 2.11. The van der Waals surface area contributed by atoms with Crippen LogP contribution in [0.3, 0.4) is 0 Å². The molecule has 0 bridgehead atoms. The largest absolute Gasteiger partial charge is 0.496 e. The first-order valence-electron chi connectivity index (χ1n) is 4.64. The maximum Gasteiger partial charge on any atom is 0.124 e. The SMILES string of the molecule is C#CCCC(O)c1cc(Cl)ccc1OC. The van der Waals surface area contributed by atoms with Gasteiger partial charge in [0.05, 0.1) is 13.2 Å². The maximum atomic E-state index is 9.85. The predicted octanol–water partition coefficient (Wildman–Crippen LogP) is 2.80. The van der Waals surface area contributed by atoms with E-state index in [9.17, 15) is 5.11 Å². The number of aliphatic hydroxyl groups is 1. The molecule has 0 spiro atoms. The molecule has 0 saturated heterocycles. The Balaban J connectivity index is 2.90. The summed E-state index contributed by atoms with van der Waals surface area (Å²) in [6.45, 7) is 0. The van der Waals surface area contributed by atoms with Gasteiger partial charge in [-0.1, -0.05) is 11.6 Å². The third kappa shape index (κ3) is 3.16. The molecule has 0 aliphatic heterocycles. The Morgan fingerprint density at radius 3 is 2.93 bits per heavy atom. The standard InChI is InChI=1S/C12H13ClO2/c1-3-4-5-11(14)10-8-9(13)6-7-12(10)15-2/h1,6-8,11,14H,4-5H2,2H3. The molecule has 80 valence electrons. The number of hydrogen-bond donors (Lipinski definition) is 1. The third-order valence-corrected chi connectivity index (χ3v) is 2.35. The summed E-state index contributed by atoms with van der Waals surface area (Å²) in [5.74, 6) is 3.12. The van der Waals surface area contributed by atoms with E-state index in [1.54, 1.807) is 25.3 Å². The lowest BCUT2D eigenvalue weighted by Gasteiger charge is -2.13. The molecular formula is C12H13ClO2. The van der Waals surface area contributed by atoms with Crippen LogP contribution in [0, 0.1) is 12.3 Å². The van der Waals surface area contributed by atoms with Crippen molar-refractivity contribution in [1.29, 1.82) is 0 Å². The molecule has 0 aromatic heterocycles. The van der Waals surface area contributed by atoms with Gasteiger partial charge in [0, 0.05) is 17.0 Å². The molecule has 0 aliphatic carbocycles. The number of methoxy groups -OCH3 is 1. The van der Waals surface area contributed by atoms with Crippen molar-refractivity contribution in [3.8, 4) is 18.1 Å². The first-order valence-corrected chi connectivity index (χ1v) is 5.01. The summed E-state index contributed by atoms with van der Waals surface area (Å²) in [6.07, 6.45) is 5.54. The fraction of sp³-hybridized carbons (Fsp3) is 0.333. The average Bonchev–Trinajstić information content (AvgIpc) is 2.25. The Morgan fingerprint density at radius 1 is 1.60 bits per heavy atom. The van der Waals surface area contributed by atoms with Crippen LogP contribution in [0.5, 0.6) is 5.75 Å². The molecule has 1 N–H and O–H groups in total. The van der Waals surface area contributed by atoms with Crippen molar-refractivity contribution in [2.75, 3.05) is 7.11 Å². The van der Waals surface area contributed by atoms with Crippen molar-refractivity contribution in [1.82, 2.24) is 0 Å². The molecule has 1 rings (SSSR count). The topological polar surface area (TPSA) is 29.5 Å². The quantitative estimate of drug-likeness (QED) is 0.797. The molecular weight excluding hydrogens is 212 g/mol.